The fourth-order valence-electron chi connectivity index (χ4n) is 13.1. The Hall–Kier alpha value is -7.24. The number of carbonyl (C=O) groups is 2. The quantitative estimate of drug-likeness (QED) is 0.0236. The predicted octanol–water partition coefficient (Wildman–Crippen LogP) is 11.4. The van der Waals surface area contributed by atoms with Crippen molar-refractivity contribution in [3.63, 3.8) is 0 Å². The van der Waals surface area contributed by atoms with Crippen LogP contribution in [0.4, 0.5) is 0 Å². The number of carbonyl (C=O) groups excluding carboxylic acids is 2. The van der Waals surface area contributed by atoms with E-state index in [0.29, 0.717) is 5.75 Å². The molecule has 7 aromatic carbocycles. The molecule has 17 nitrogen and oxygen atoms in total. The molecule has 0 aliphatic carbocycles. The zero-order chi connectivity index (χ0) is 67.7. The highest BCUT2D eigenvalue weighted by Gasteiger charge is 2.64. The second-order valence-electron chi connectivity index (χ2n) is 25.6. The van der Waals surface area contributed by atoms with Crippen molar-refractivity contribution in [2.45, 2.75) is 165 Å². The molecule has 6 unspecified atom stereocenters. The third-order valence-electron chi connectivity index (χ3n) is 18.3. The summed E-state index contributed by atoms with van der Waals surface area (Å²) >= 11 is 0. The molecule has 3 saturated heterocycles. The molecule has 3 fully saturated rings. The molecule has 0 spiro atoms. The van der Waals surface area contributed by atoms with Crippen molar-refractivity contribution in [3.05, 3.63) is 247 Å². The summed E-state index contributed by atoms with van der Waals surface area (Å²) in [6, 6.07) is 67.2. The summed E-state index contributed by atoms with van der Waals surface area (Å²) in [6.07, 6.45) is -12.8. The summed E-state index contributed by atoms with van der Waals surface area (Å²) in [5.74, 6) is -1.05. The van der Waals surface area contributed by atoms with Crippen LogP contribution in [0.2, 0.25) is 5.04 Å². The van der Waals surface area contributed by atoms with Gasteiger partial charge in [0.15, 0.2) is 12.6 Å². The lowest BCUT2D eigenvalue weighted by atomic mass is 9.85. The van der Waals surface area contributed by atoms with Crippen molar-refractivity contribution in [3.8, 4) is 5.75 Å². The first-order valence-corrected chi connectivity index (χ1v) is 34.8. The Kier molecular flexibility index (Phi) is 25.2. The topological polar surface area (TPSA) is 173 Å². The second-order valence-corrected chi connectivity index (χ2v) is 29.9. The molecule has 7 aromatic rings. The summed E-state index contributed by atoms with van der Waals surface area (Å²) < 4.78 is 103. The minimum atomic E-state index is -3.23. The predicted molar refractivity (Wildman–Crippen MR) is 364 cm³/mol. The molecule has 96 heavy (non-hydrogen) atoms. The SMILES string of the molecule is C=CC1(C(=O)OC)O[C@@H](O[C@@H]2C(CO[Si](c3ccccc3)(c3ccccc3)C(C)(C)C)O[C@H](C)C(C)[C@@H]2OCc2ccc(OC)cc2)C(OCc2ccccc2)[C@@H](OC)[C@@H]1O[C@@H]1OC(COC(C)=O)[C@@H](OCc2ccccc2)[C@H](OCc2ccccc2)C1OCc1ccccc1. The van der Waals surface area contributed by atoms with Crippen molar-refractivity contribution in [1.29, 1.82) is 0 Å². The van der Waals surface area contributed by atoms with Gasteiger partial charge >= 0.3 is 11.9 Å². The Morgan fingerprint density at radius 3 is 1.36 bits per heavy atom. The van der Waals surface area contributed by atoms with Crippen LogP contribution in [0.5, 0.6) is 5.75 Å². The van der Waals surface area contributed by atoms with E-state index in [1.165, 1.54) is 27.2 Å². The van der Waals surface area contributed by atoms with Gasteiger partial charge in [-0.05, 0) is 68.4 Å². The average molecular weight is 1330 g/mol. The van der Waals surface area contributed by atoms with E-state index >= 15 is 4.79 Å². The summed E-state index contributed by atoms with van der Waals surface area (Å²) in [5, 5.41) is 1.75. The highest BCUT2D eigenvalue weighted by molar-refractivity contribution is 6.99. The van der Waals surface area contributed by atoms with Crippen LogP contribution in [0.15, 0.2) is 219 Å². The highest BCUT2D eigenvalue weighted by Crippen LogP contribution is 2.44. The number of benzene rings is 7. The molecule has 18 heteroatoms. The monoisotopic (exact) mass is 1330 g/mol. The van der Waals surface area contributed by atoms with Gasteiger partial charge in [0.25, 0.3) is 8.32 Å². The van der Waals surface area contributed by atoms with E-state index in [2.05, 4.69) is 58.5 Å². The molecular formula is C78H92O17Si. The van der Waals surface area contributed by atoms with Gasteiger partial charge in [-0.2, -0.15) is 0 Å². The lowest BCUT2D eigenvalue weighted by Crippen LogP contribution is -2.72. The van der Waals surface area contributed by atoms with E-state index in [4.69, 9.17) is 70.7 Å². The van der Waals surface area contributed by atoms with Crippen LogP contribution in [0.3, 0.4) is 0 Å². The van der Waals surface area contributed by atoms with Gasteiger partial charge < -0.3 is 70.7 Å². The zero-order valence-corrected chi connectivity index (χ0v) is 57.4. The van der Waals surface area contributed by atoms with Crippen molar-refractivity contribution in [2.24, 2.45) is 5.92 Å². The van der Waals surface area contributed by atoms with E-state index in [1.807, 2.05) is 189 Å². The van der Waals surface area contributed by atoms with Crippen LogP contribution >= 0.6 is 0 Å². The highest BCUT2D eigenvalue weighted by atomic mass is 28.4. The van der Waals surface area contributed by atoms with Gasteiger partial charge in [-0.25, -0.2) is 4.79 Å². The minimum Gasteiger partial charge on any atom is -0.497 e. The molecule has 0 saturated carbocycles. The van der Waals surface area contributed by atoms with Crippen molar-refractivity contribution < 1.29 is 80.3 Å². The van der Waals surface area contributed by atoms with Crippen molar-refractivity contribution in [2.75, 3.05) is 34.5 Å². The fraction of sp³-hybridized carbons (Fsp3) is 0.410. The number of methoxy groups -OCH3 is 3. The maximum Gasteiger partial charge on any atom is 0.345 e. The molecule has 10 rings (SSSR count). The fourth-order valence-corrected chi connectivity index (χ4v) is 17.7. The molecule has 510 valence electrons. The van der Waals surface area contributed by atoms with E-state index < -0.39 is 105 Å². The second kappa shape index (κ2) is 33.8. The van der Waals surface area contributed by atoms with Gasteiger partial charge in [0.1, 0.15) is 67.3 Å². The molecule has 15 atom stereocenters. The van der Waals surface area contributed by atoms with Crippen LogP contribution in [0.25, 0.3) is 0 Å². The van der Waals surface area contributed by atoms with Gasteiger partial charge in [0, 0.05) is 20.0 Å². The first-order chi connectivity index (χ1) is 46.6. The number of hydrogen-bond acceptors (Lipinski definition) is 17. The molecule has 0 radical (unpaired) electrons. The smallest absolute Gasteiger partial charge is 0.345 e. The van der Waals surface area contributed by atoms with Gasteiger partial charge in [-0.1, -0.05) is 228 Å². The van der Waals surface area contributed by atoms with Crippen LogP contribution in [0, 0.1) is 5.92 Å². The number of hydrogen-bond donors (Lipinski definition) is 0. The minimum absolute atomic E-state index is 0.0239. The number of rotatable bonds is 30. The maximum absolute atomic E-state index is 15.4. The number of ether oxygens (including phenoxy) is 14. The van der Waals surface area contributed by atoms with Crippen LogP contribution < -0.4 is 15.1 Å². The normalized spacial score (nSPS) is 26.9. The molecule has 3 aliphatic rings. The van der Waals surface area contributed by atoms with E-state index in [1.54, 1.807) is 7.11 Å². The number of esters is 2. The first-order valence-electron chi connectivity index (χ1n) is 32.9. The van der Waals surface area contributed by atoms with Gasteiger partial charge in [-0.3, -0.25) is 4.79 Å². The molecule has 0 bridgehead atoms. The van der Waals surface area contributed by atoms with Gasteiger partial charge in [0.2, 0.25) is 5.60 Å². The Bertz CT molecular complexity index is 3440. The van der Waals surface area contributed by atoms with Crippen molar-refractivity contribution in [1.82, 2.24) is 0 Å². The van der Waals surface area contributed by atoms with Crippen LogP contribution in [-0.2, 0) is 109 Å². The molecule has 3 aliphatic heterocycles. The molecular weight excluding hydrogens is 1240 g/mol. The molecule has 0 N–H and O–H groups in total. The summed E-state index contributed by atoms with van der Waals surface area (Å²) in [5.41, 5.74) is 2.00. The maximum atomic E-state index is 15.4. The Morgan fingerprint density at radius 2 is 0.927 bits per heavy atom. The van der Waals surface area contributed by atoms with Gasteiger partial charge in [-0.15, -0.1) is 0 Å². The average Bonchev–Trinajstić information content (AvgIpc) is 0.746. The lowest BCUT2D eigenvalue weighted by Gasteiger charge is -2.54. The van der Waals surface area contributed by atoms with E-state index in [-0.39, 0.29) is 58.3 Å². The van der Waals surface area contributed by atoms with Crippen LogP contribution in [0.1, 0.15) is 69.4 Å². The van der Waals surface area contributed by atoms with Crippen molar-refractivity contribution >= 4 is 30.6 Å². The Morgan fingerprint density at radius 1 is 0.500 bits per heavy atom. The third kappa shape index (κ3) is 17.0. The first kappa shape index (κ1) is 71.5. The third-order valence-corrected chi connectivity index (χ3v) is 23.3. The standard InChI is InChI=1S/C78H92O17Si/c1-11-78(76(80)83-10)73(94-74-71(88-48-58-34-22-14-23-35-58)69(87-47-57-32-20-13-21-33-57)67(64(92-74)51-84-55(4)79)86-46-56-30-18-12-19-31-56)70(82-9)72(89-49-59-36-24-15-25-37-59)75(95-78)93-68-65(91-54(3)53(2)66(68)85-50-60-42-44-61(81-8)45-43-60)52-90-96(77(5,6)7,62-38-26-16-27-39-62)63-40-28-17-29-41-63/h11-45,53-54,64-75H,1,46-52H2,2-10H3/t53?,54-,64?,65?,66+,67-,68-,69+,70-,71?,72?,73+,74+,75-,78?/m1/s1. The summed E-state index contributed by atoms with van der Waals surface area (Å²) in [7, 11) is 1.14. The molecule has 0 aromatic heterocycles. The van der Waals surface area contributed by atoms with E-state index in [9.17, 15) is 4.79 Å². The Labute approximate surface area is 566 Å². The lowest BCUT2D eigenvalue weighted by molar-refractivity contribution is -0.390. The molecule has 3 heterocycles. The van der Waals surface area contributed by atoms with Crippen LogP contribution in [-0.4, -0.2) is 140 Å². The summed E-state index contributed by atoms with van der Waals surface area (Å²) in [4.78, 5) is 28.3. The van der Waals surface area contributed by atoms with Gasteiger partial charge in [0.05, 0.1) is 66.1 Å². The Balaban J connectivity index is 1.09. The summed E-state index contributed by atoms with van der Waals surface area (Å²) in [6.45, 7) is 16.6. The van der Waals surface area contributed by atoms with E-state index in [0.717, 1.165) is 38.2 Å². The molecule has 0 amide bonds. The zero-order valence-electron chi connectivity index (χ0n) is 56.4. The largest absolute Gasteiger partial charge is 0.497 e.